The lowest BCUT2D eigenvalue weighted by molar-refractivity contribution is 0.173. The Kier molecular flexibility index (Phi) is 2.49. The molecule has 2 aromatic rings. The van der Waals surface area contributed by atoms with E-state index in [9.17, 15) is 0 Å². The Balaban J connectivity index is 1.75. The van der Waals surface area contributed by atoms with Crippen molar-refractivity contribution in [3.8, 4) is 34.1 Å². The summed E-state index contributed by atoms with van der Waals surface area (Å²) in [4.78, 5) is 2.27. The summed E-state index contributed by atoms with van der Waals surface area (Å²) in [6.07, 6.45) is 4.14. The van der Waals surface area contributed by atoms with E-state index in [1.165, 1.54) is 22.3 Å². The molecular formula is C20H17NO4. The molecule has 6 rings (SSSR count). The molecule has 5 heteroatoms. The molecule has 0 atom stereocenters. The van der Waals surface area contributed by atoms with Crippen LogP contribution < -0.4 is 18.9 Å². The summed E-state index contributed by atoms with van der Waals surface area (Å²) in [5, 5.41) is 0. The molecule has 126 valence electrons. The summed E-state index contributed by atoms with van der Waals surface area (Å²) >= 11 is 0. The number of nitrogens with zero attached hydrogens (tertiary/aromatic N) is 1. The topological polar surface area (TPSA) is 40.2 Å². The molecule has 1 aliphatic carbocycles. The fourth-order valence-electron chi connectivity index (χ4n) is 4.36. The van der Waals surface area contributed by atoms with Gasteiger partial charge in [-0.05, 0) is 40.8 Å². The fraction of sp³-hybridized carbons (Fsp3) is 0.300. The normalized spacial score (nSPS) is 18.4. The van der Waals surface area contributed by atoms with Crippen molar-refractivity contribution >= 4 is 5.57 Å². The summed E-state index contributed by atoms with van der Waals surface area (Å²) in [7, 11) is 2.13. The molecule has 3 aliphatic heterocycles. The first kappa shape index (κ1) is 13.5. The van der Waals surface area contributed by atoms with Crippen molar-refractivity contribution in [1.29, 1.82) is 0 Å². The van der Waals surface area contributed by atoms with Crippen molar-refractivity contribution in [2.45, 2.75) is 12.8 Å². The van der Waals surface area contributed by atoms with Gasteiger partial charge in [-0.15, -0.1) is 0 Å². The molecule has 0 aromatic heterocycles. The van der Waals surface area contributed by atoms with E-state index in [0.29, 0.717) is 0 Å². The Bertz CT molecular complexity index is 963. The molecule has 0 spiro atoms. The molecular weight excluding hydrogens is 318 g/mol. The zero-order valence-corrected chi connectivity index (χ0v) is 13.9. The van der Waals surface area contributed by atoms with E-state index in [1.54, 1.807) is 0 Å². The highest BCUT2D eigenvalue weighted by Crippen LogP contribution is 2.57. The fourth-order valence-corrected chi connectivity index (χ4v) is 4.36. The van der Waals surface area contributed by atoms with Gasteiger partial charge in [0.05, 0.1) is 0 Å². The second-order valence-corrected chi connectivity index (χ2v) is 6.91. The lowest BCUT2D eigenvalue weighted by Crippen LogP contribution is -2.13. The highest BCUT2D eigenvalue weighted by atomic mass is 16.7. The number of hydrogen-bond donors (Lipinski definition) is 0. The van der Waals surface area contributed by atoms with E-state index in [2.05, 4.69) is 30.3 Å². The number of allylic oxidation sites excluding steroid dienone is 1. The maximum Gasteiger partial charge on any atom is 0.231 e. The molecule has 4 aliphatic rings. The van der Waals surface area contributed by atoms with Crippen LogP contribution in [-0.2, 0) is 12.8 Å². The predicted octanol–water partition coefficient (Wildman–Crippen LogP) is 3.20. The Morgan fingerprint density at radius 1 is 0.840 bits per heavy atom. The first-order chi connectivity index (χ1) is 12.3. The van der Waals surface area contributed by atoms with Gasteiger partial charge in [0.15, 0.2) is 23.0 Å². The first-order valence-electron chi connectivity index (χ1n) is 8.58. The third kappa shape index (κ3) is 1.73. The average Bonchev–Trinajstić information content (AvgIpc) is 3.24. The van der Waals surface area contributed by atoms with Crippen molar-refractivity contribution in [2.24, 2.45) is 0 Å². The molecule has 25 heavy (non-hydrogen) atoms. The molecule has 0 unspecified atom stereocenters. The molecule has 3 heterocycles. The van der Waals surface area contributed by atoms with E-state index < -0.39 is 0 Å². The van der Waals surface area contributed by atoms with Gasteiger partial charge in [0, 0.05) is 37.3 Å². The van der Waals surface area contributed by atoms with Crippen molar-refractivity contribution < 1.29 is 18.9 Å². The summed E-state index contributed by atoms with van der Waals surface area (Å²) < 4.78 is 23.1. The van der Waals surface area contributed by atoms with Gasteiger partial charge in [-0.25, -0.2) is 0 Å². The summed E-state index contributed by atoms with van der Waals surface area (Å²) in [5.74, 6) is 3.31. The standard InChI is InChI=1S/C20H17NO4/c1-21-5-4-12-7-15-20(25-10-23-15)18-16(12)13(8-21)6-11-2-3-14-19(17(11)18)24-9-22-14/h2-3,7-8H,4-6,9-10H2,1H3. The van der Waals surface area contributed by atoms with Crippen LogP contribution in [0.5, 0.6) is 23.0 Å². The number of likely N-dealkylation sites (N-methyl/N-ethyl adjacent to an activating group) is 1. The Labute approximate surface area is 145 Å². The van der Waals surface area contributed by atoms with Gasteiger partial charge in [0.2, 0.25) is 13.6 Å². The van der Waals surface area contributed by atoms with Gasteiger partial charge in [-0.3, -0.25) is 0 Å². The van der Waals surface area contributed by atoms with Crippen LogP contribution in [0.15, 0.2) is 24.4 Å². The van der Waals surface area contributed by atoms with Crippen LogP contribution in [0, 0.1) is 0 Å². The van der Waals surface area contributed by atoms with Crippen LogP contribution in [0.2, 0.25) is 0 Å². The summed E-state index contributed by atoms with van der Waals surface area (Å²) in [5.41, 5.74) is 7.38. The number of benzene rings is 2. The molecule has 2 aromatic carbocycles. The van der Waals surface area contributed by atoms with Gasteiger partial charge in [-0.2, -0.15) is 0 Å². The van der Waals surface area contributed by atoms with Gasteiger partial charge >= 0.3 is 0 Å². The average molecular weight is 335 g/mol. The zero-order valence-electron chi connectivity index (χ0n) is 13.9. The lowest BCUT2D eigenvalue weighted by Gasteiger charge is -2.26. The first-order valence-corrected chi connectivity index (χ1v) is 8.58. The highest BCUT2D eigenvalue weighted by molar-refractivity contribution is 5.98. The van der Waals surface area contributed by atoms with Crippen molar-refractivity contribution in [3.05, 3.63) is 41.1 Å². The molecule has 5 nitrogen and oxygen atoms in total. The Hall–Kier alpha value is -2.82. The van der Waals surface area contributed by atoms with Crippen LogP contribution in [0.3, 0.4) is 0 Å². The van der Waals surface area contributed by atoms with E-state index in [0.717, 1.165) is 53.5 Å². The maximum absolute atomic E-state index is 5.89. The van der Waals surface area contributed by atoms with Crippen LogP contribution >= 0.6 is 0 Å². The Morgan fingerprint density at radius 3 is 2.52 bits per heavy atom. The molecule has 0 N–H and O–H groups in total. The summed E-state index contributed by atoms with van der Waals surface area (Å²) in [6.45, 7) is 1.53. The molecule has 0 saturated heterocycles. The van der Waals surface area contributed by atoms with Gasteiger partial charge in [0.1, 0.15) is 0 Å². The smallest absolute Gasteiger partial charge is 0.231 e. The number of hydrogen-bond acceptors (Lipinski definition) is 5. The minimum absolute atomic E-state index is 0.270. The van der Waals surface area contributed by atoms with Crippen molar-refractivity contribution in [3.63, 3.8) is 0 Å². The number of rotatable bonds is 0. The lowest BCUT2D eigenvalue weighted by atomic mass is 9.79. The molecule has 0 amide bonds. The second kappa shape index (κ2) is 4.63. The van der Waals surface area contributed by atoms with Crippen LogP contribution in [0.25, 0.3) is 16.7 Å². The van der Waals surface area contributed by atoms with Gasteiger partial charge in [-0.1, -0.05) is 6.07 Å². The van der Waals surface area contributed by atoms with Gasteiger partial charge < -0.3 is 23.8 Å². The highest BCUT2D eigenvalue weighted by Gasteiger charge is 2.36. The SMILES string of the molecule is CN1C=C2Cc3ccc4c(c3-c3c5c(cc(c32)CC1)OCO5)OCO4. The van der Waals surface area contributed by atoms with E-state index >= 15 is 0 Å². The van der Waals surface area contributed by atoms with Gasteiger partial charge in [0.25, 0.3) is 0 Å². The van der Waals surface area contributed by atoms with Crippen LogP contribution in [0.1, 0.15) is 16.7 Å². The maximum atomic E-state index is 5.89. The van der Waals surface area contributed by atoms with Crippen molar-refractivity contribution in [2.75, 3.05) is 27.2 Å². The van der Waals surface area contributed by atoms with E-state index in [1.807, 2.05) is 6.07 Å². The van der Waals surface area contributed by atoms with Crippen molar-refractivity contribution in [1.82, 2.24) is 4.90 Å². The monoisotopic (exact) mass is 335 g/mol. The Morgan fingerprint density at radius 2 is 1.64 bits per heavy atom. The molecule has 0 fully saturated rings. The largest absolute Gasteiger partial charge is 0.454 e. The third-order valence-electron chi connectivity index (χ3n) is 5.43. The minimum Gasteiger partial charge on any atom is -0.454 e. The predicted molar refractivity (Wildman–Crippen MR) is 92.1 cm³/mol. The minimum atomic E-state index is 0.270. The quantitative estimate of drug-likeness (QED) is 0.739. The molecule has 0 radical (unpaired) electrons. The third-order valence-corrected chi connectivity index (χ3v) is 5.43. The molecule has 0 saturated carbocycles. The number of ether oxygens (including phenoxy) is 4. The number of fused-ring (bicyclic) bond motifs is 6. The zero-order chi connectivity index (χ0) is 16.5. The van der Waals surface area contributed by atoms with E-state index in [4.69, 9.17) is 18.9 Å². The molecule has 0 bridgehead atoms. The second-order valence-electron chi connectivity index (χ2n) is 6.91. The summed E-state index contributed by atoms with van der Waals surface area (Å²) in [6, 6.07) is 6.31. The van der Waals surface area contributed by atoms with Crippen LogP contribution in [0.4, 0.5) is 0 Å². The van der Waals surface area contributed by atoms with E-state index in [-0.39, 0.29) is 13.6 Å². The van der Waals surface area contributed by atoms with Crippen LogP contribution in [-0.4, -0.2) is 32.1 Å².